The van der Waals surface area contributed by atoms with E-state index in [1.165, 1.54) is 0 Å². The molecule has 23 heavy (non-hydrogen) atoms. The first-order valence-corrected chi connectivity index (χ1v) is 9.11. The van der Waals surface area contributed by atoms with E-state index in [0.717, 1.165) is 40.2 Å². The second-order valence-corrected chi connectivity index (χ2v) is 6.58. The van der Waals surface area contributed by atoms with E-state index in [2.05, 4.69) is 52.8 Å². The van der Waals surface area contributed by atoms with Gasteiger partial charge in [0.15, 0.2) is 5.96 Å². The predicted molar refractivity (Wildman–Crippen MR) is 99.3 cm³/mol. The molecule has 6 heteroatoms. The van der Waals surface area contributed by atoms with Crippen LogP contribution in [0.4, 0.5) is 0 Å². The van der Waals surface area contributed by atoms with E-state index in [0.29, 0.717) is 6.54 Å². The van der Waals surface area contributed by atoms with E-state index in [1.807, 2.05) is 18.2 Å². The lowest BCUT2D eigenvalue weighted by atomic mass is 10.1. The summed E-state index contributed by atoms with van der Waals surface area (Å²) in [5.41, 5.74) is 2.14. The third-order valence-corrected chi connectivity index (χ3v) is 4.62. The van der Waals surface area contributed by atoms with Crippen LogP contribution in [-0.2, 0) is 13.0 Å². The van der Waals surface area contributed by atoms with Gasteiger partial charge in [0, 0.05) is 16.9 Å². The molecule has 1 unspecified atom stereocenters. The van der Waals surface area contributed by atoms with Crippen LogP contribution in [0.25, 0.3) is 0 Å². The van der Waals surface area contributed by atoms with E-state index in [-0.39, 0.29) is 6.04 Å². The first-order valence-electron chi connectivity index (χ1n) is 7.86. The number of hydrogen-bond acceptors (Lipinski definition) is 3. The number of thiazole rings is 1. The van der Waals surface area contributed by atoms with Gasteiger partial charge in [0.2, 0.25) is 0 Å². The van der Waals surface area contributed by atoms with E-state index in [9.17, 15) is 0 Å². The molecule has 4 nitrogen and oxygen atoms in total. The third kappa shape index (κ3) is 5.52. The molecular weight excluding hydrogens is 328 g/mol. The van der Waals surface area contributed by atoms with E-state index in [4.69, 9.17) is 11.6 Å². The Kier molecular flexibility index (Phi) is 6.86. The molecule has 0 aliphatic carbocycles. The van der Waals surface area contributed by atoms with Gasteiger partial charge in [0.1, 0.15) is 0 Å². The summed E-state index contributed by atoms with van der Waals surface area (Å²) < 4.78 is 0. The SMILES string of the molecule is CCNC(=NCc1csc(CC)n1)NC(C)c1cccc(Cl)c1. The summed E-state index contributed by atoms with van der Waals surface area (Å²) in [6.07, 6.45) is 0.971. The Morgan fingerprint density at radius 1 is 1.39 bits per heavy atom. The summed E-state index contributed by atoms with van der Waals surface area (Å²) in [5, 5.41) is 10.7. The number of nitrogens with zero attached hydrogens (tertiary/aromatic N) is 2. The van der Waals surface area contributed by atoms with Gasteiger partial charge in [-0.25, -0.2) is 9.98 Å². The van der Waals surface area contributed by atoms with Crippen molar-refractivity contribution in [1.82, 2.24) is 15.6 Å². The van der Waals surface area contributed by atoms with Gasteiger partial charge in [0.25, 0.3) is 0 Å². The summed E-state index contributed by atoms with van der Waals surface area (Å²) in [6, 6.07) is 7.98. The monoisotopic (exact) mass is 350 g/mol. The third-order valence-electron chi connectivity index (χ3n) is 3.35. The van der Waals surface area contributed by atoms with Crippen molar-refractivity contribution in [2.75, 3.05) is 6.54 Å². The molecule has 2 aromatic rings. The maximum Gasteiger partial charge on any atom is 0.192 e. The zero-order valence-corrected chi connectivity index (χ0v) is 15.3. The fourth-order valence-corrected chi connectivity index (χ4v) is 3.06. The lowest BCUT2D eigenvalue weighted by Gasteiger charge is -2.18. The van der Waals surface area contributed by atoms with Crippen molar-refractivity contribution < 1.29 is 0 Å². The van der Waals surface area contributed by atoms with Crippen LogP contribution in [0.1, 0.15) is 43.1 Å². The first-order chi connectivity index (χ1) is 11.1. The van der Waals surface area contributed by atoms with Crippen LogP contribution in [-0.4, -0.2) is 17.5 Å². The fourth-order valence-electron chi connectivity index (χ4n) is 2.13. The number of halogens is 1. The topological polar surface area (TPSA) is 49.3 Å². The first kappa shape index (κ1) is 17.8. The molecule has 0 saturated carbocycles. The highest BCUT2D eigenvalue weighted by molar-refractivity contribution is 7.09. The molecule has 1 atom stereocenters. The maximum atomic E-state index is 6.06. The summed E-state index contributed by atoms with van der Waals surface area (Å²) >= 11 is 7.75. The quantitative estimate of drug-likeness (QED) is 0.607. The number of nitrogens with one attached hydrogen (secondary N) is 2. The highest BCUT2D eigenvalue weighted by Crippen LogP contribution is 2.17. The zero-order valence-electron chi connectivity index (χ0n) is 13.8. The Morgan fingerprint density at radius 2 is 2.22 bits per heavy atom. The molecule has 124 valence electrons. The highest BCUT2D eigenvalue weighted by Gasteiger charge is 2.08. The van der Waals surface area contributed by atoms with Crippen LogP contribution in [0, 0.1) is 0 Å². The number of aliphatic imine (C=N–C) groups is 1. The van der Waals surface area contributed by atoms with E-state index >= 15 is 0 Å². The summed E-state index contributed by atoms with van der Waals surface area (Å²) in [6.45, 7) is 7.65. The Hall–Kier alpha value is -1.59. The highest BCUT2D eigenvalue weighted by atomic mass is 35.5. The normalized spacial score (nSPS) is 13.0. The van der Waals surface area contributed by atoms with Crippen molar-refractivity contribution >= 4 is 28.9 Å². The van der Waals surface area contributed by atoms with Crippen molar-refractivity contribution in [2.45, 2.75) is 39.8 Å². The smallest absolute Gasteiger partial charge is 0.192 e. The number of hydrogen-bond donors (Lipinski definition) is 2. The molecule has 0 aliphatic rings. The fraction of sp³-hybridized carbons (Fsp3) is 0.412. The lowest BCUT2D eigenvalue weighted by Crippen LogP contribution is -2.38. The second kappa shape index (κ2) is 8.89. The van der Waals surface area contributed by atoms with Crippen LogP contribution in [0.3, 0.4) is 0 Å². The molecule has 0 bridgehead atoms. The van der Waals surface area contributed by atoms with Gasteiger partial charge in [-0.15, -0.1) is 11.3 Å². The molecule has 0 aliphatic heterocycles. The molecule has 0 radical (unpaired) electrons. The average molecular weight is 351 g/mol. The number of rotatable bonds is 6. The van der Waals surface area contributed by atoms with Gasteiger partial charge in [0.05, 0.1) is 23.3 Å². The van der Waals surface area contributed by atoms with Gasteiger partial charge in [-0.2, -0.15) is 0 Å². The number of aryl methyl sites for hydroxylation is 1. The molecule has 1 aromatic carbocycles. The largest absolute Gasteiger partial charge is 0.357 e. The van der Waals surface area contributed by atoms with Crippen molar-refractivity contribution in [3.63, 3.8) is 0 Å². The Bertz CT molecular complexity index is 654. The molecule has 2 N–H and O–H groups in total. The van der Waals surface area contributed by atoms with Crippen LogP contribution in [0.2, 0.25) is 5.02 Å². The molecule has 0 saturated heterocycles. The van der Waals surface area contributed by atoms with Crippen molar-refractivity contribution in [3.8, 4) is 0 Å². The summed E-state index contributed by atoms with van der Waals surface area (Å²) in [4.78, 5) is 9.17. The van der Waals surface area contributed by atoms with E-state index in [1.54, 1.807) is 11.3 Å². The molecule has 1 aromatic heterocycles. The molecule has 0 spiro atoms. The maximum absolute atomic E-state index is 6.06. The van der Waals surface area contributed by atoms with Gasteiger partial charge in [-0.05, 0) is 38.0 Å². The van der Waals surface area contributed by atoms with Crippen molar-refractivity contribution in [2.24, 2.45) is 4.99 Å². The predicted octanol–water partition coefficient (Wildman–Crippen LogP) is 4.18. The molecule has 2 rings (SSSR count). The molecule has 0 fully saturated rings. The minimum absolute atomic E-state index is 0.119. The Balaban J connectivity index is 2.03. The number of aromatic nitrogens is 1. The standard InChI is InChI=1S/C17H23ClN4S/c1-4-16-22-15(11-23-16)10-20-17(19-5-2)21-12(3)13-7-6-8-14(18)9-13/h6-9,11-12H,4-5,10H2,1-3H3,(H2,19,20,21). The van der Waals surface area contributed by atoms with Crippen LogP contribution in [0.5, 0.6) is 0 Å². The zero-order chi connectivity index (χ0) is 16.7. The van der Waals surface area contributed by atoms with Gasteiger partial charge in [-0.3, -0.25) is 0 Å². The summed E-state index contributed by atoms with van der Waals surface area (Å²) in [7, 11) is 0. The Labute approximate surface area is 147 Å². The molecule has 1 heterocycles. The van der Waals surface area contributed by atoms with E-state index < -0.39 is 0 Å². The molecule has 0 amide bonds. The van der Waals surface area contributed by atoms with Crippen molar-refractivity contribution in [1.29, 1.82) is 0 Å². The minimum atomic E-state index is 0.119. The molecular formula is C17H23ClN4S. The van der Waals surface area contributed by atoms with Crippen LogP contribution < -0.4 is 10.6 Å². The van der Waals surface area contributed by atoms with Crippen molar-refractivity contribution in [3.05, 3.63) is 50.9 Å². The van der Waals surface area contributed by atoms with Crippen LogP contribution in [0.15, 0.2) is 34.6 Å². The van der Waals surface area contributed by atoms with Gasteiger partial charge in [-0.1, -0.05) is 30.7 Å². The number of guanidine groups is 1. The second-order valence-electron chi connectivity index (χ2n) is 5.20. The average Bonchev–Trinajstić information content (AvgIpc) is 3.01. The number of benzene rings is 1. The van der Waals surface area contributed by atoms with Gasteiger partial charge < -0.3 is 10.6 Å². The van der Waals surface area contributed by atoms with Crippen LogP contribution >= 0.6 is 22.9 Å². The van der Waals surface area contributed by atoms with Gasteiger partial charge >= 0.3 is 0 Å². The summed E-state index contributed by atoms with van der Waals surface area (Å²) in [5.74, 6) is 0.783. The minimum Gasteiger partial charge on any atom is -0.357 e. The lowest BCUT2D eigenvalue weighted by molar-refractivity contribution is 0.686. The Morgan fingerprint density at radius 3 is 2.87 bits per heavy atom.